The van der Waals surface area contributed by atoms with Crippen molar-refractivity contribution in [1.29, 1.82) is 0 Å². The molecule has 0 bridgehead atoms. The Kier molecular flexibility index (Phi) is 5.19. The van der Waals surface area contributed by atoms with Crippen LogP contribution < -0.4 is 10.1 Å². The number of hydrogen-bond acceptors (Lipinski definition) is 2. The van der Waals surface area contributed by atoms with E-state index in [2.05, 4.69) is 58.6 Å². The zero-order valence-corrected chi connectivity index (χ0v) is 13.2. The molecule has 0 radical (unpaired) electrons. The summed E-state index contributed by atoms with van der Waals surface area (Å²) >= 11 is 0. The predicted molar refractivity (Wildman–Crippen MR) is 82.8 cm³/mol. The van der Waals surface area contributed by atoms with Crippen molar-refractivity contribution in [2.75, 3.05) is 6.61 Å². The molecule has 1 aromatic rings. The fourth-order valence-electron chi connectivity index (χ4n) is 1.93. The van der Waals surface area contributed by atoms with Gasteiger partial charge in [0, 0.05) is 12.1 Å². The van der Waals surface area contributed by atoms with Crippen molar-refractivity contribution in [2.24, 2.45) is 0 Å². The second-order valence-corrected chi connectivity index (χ2v) is 6.41. The summed E-state index contributed by atoms with van der Waals surface area (Å²) in [5, 5.41) is 3.51. The molecule has 2 nitrogen and oxygen atoms in total. The minimum absolute atomic E-state index is 0.136. The van der Waals surface area contributed by atoms with Gasteiger partial charge >= 0.3 is 0 Å². The normalized spacial score (nSPS) is 11.5. The molecule has 0 spiro atoms. The standard InChI is InChI=1S/C17H27NO/c1-12(2)11-19-16-13(3)8-15(9-14(16)4)10-18-17(5,6)7/h8-9,18H,1,10-11H2,2-7H3. The van der Waals surface area contributed by atoms with Crippen molar-refractivity contribution in [3.8, 4) is 5.75 Å². The van der Waals surface area contributed by atoms with Gasteiger partial charge in [0.2, 0.25) is 0 Å². The molecule has 106 valence electrons. The third kappa shape index (κ3) is 5.48. The van der Waals surface area contributed by atoms with E-state index in [0.717, 1.165) is 17.9 Å². The Morgan fingerprint density at radius 1 is 1.21 bits per heavy atom. The topological polar surface area (TPSA) is 21.3 Å². The van der Waals surface area contributed by atoms with Crippen LogP contribution in [0.15, 0.2) is 24.3 Å². The van der Waals surface area contributed by atoms with Crippen LogP contribution in [0.25, 0.3) is 0 Å². The smallest absolute Gasteiger partial charge is 0.125 e. The van der Waals surface area contributed by atoms with Crippen molar-refractivity contribution >= 4 is 0 Å². The minimum atomic E-state index is 0.136. The molecular weight excluding hydrogens is 234 g/mol. The van der Waals surface area contributed by atoms with Gasteiger partial charge in [-0.15, -0.1) is 0 Å². The number of hydrogen-bond donors (Lipinski definition) is 1. The van der Waals surface area contributed by atoms with Crippen LogP contribution in [0.4, 0.5) is 0 Å². The molecule has 0 saturated heterocycles. The summed E-state index contributed by atoms with van der Waals surface area (Å²) in [5.74, 6) is 0.988. The van der Waals surface area contributed by atoms with Gasteiger partial charge in [0.05, 0.1) is 0 Å². The largest absolute Gasteiger partial charge is 0.489 e. The van der Waals surface area contributed by atoms with E-state index in [1.165, 1.54) is 16.7 Å². The van der Waals surface area contributed by atoms with E-state index in [4.69, 9.17) is 4.74 Å². The van der Waals surface area contributed by atoms with Gasteiger partial charge in [0.1, 0.15) is 12.4 Å². The summed E-state index contributed by atoms with van der Waals surface area (Å²) in [5.41, 5.74) is 4.85. The lowest BCUT2D eigenvalue weighted by Gasteiger charge is -2.21. The van der Waals surface area contributed by atoms with Crippen LogP contribution in [-0.2, 0) is 6.54 Å². The molecule has 0 aliphatic carbocycles. The second-order valence-electron chi connectivity index (χ2n) is 6.41. The molecule has 0 aromatic heterocycles. The molecule has 0 heterocycles. The van der Waals surface area contributed by atoms with Crippen molar-refractivity contribution in [1.82, 2.24) is 5.32 Å². The first-order valence-electron chi connectivity index (χ1n) is 6.81. The first-order chi connectivity index (χ1) is 8.69. The van der Waals surface area contributed by atoms with Crippen LogP contribution >= 0.6 is 0 Å². The molecule has 19 heavy (non-hydrogen) atoms. The zero-order chi connectivity index (χ0) is 14.6. The van der Waals surface area contributed by atoms with Gasteiger partial charge in [-0.1, -0.05) is 18.7 Å². The maximum Gasteiger partial charge on any atom is 0.125 e. The highest BCUT2D eigenvalue weighted by atomic mass is 16.5. The van der Waals surface area contributed by atoms with Crippen molar-refractivity contribution in [2.45, 2.75) is 53.6 Å². The van der Waals surface area contributed by atoms with Crippen LogP contribution in [0.3, 0.4) is 0 Å². The van der Waals surface area contributed by atoms with Gasteiger partial charge in [-0.3, -0.25) is 0 Å². The molecule has 1 rings (SSSR count). The lowest BCUT2D eigenvalue weighted by molar-refractivity contribution is 0.347. The average Bonchev–Trinajstić information content (AvgIpc) is 2.23. The highest BCUT2D eigenvalue weighted by molar-refractivity contribution is 5.43. The molecule has 1 N–H and O–H groups in total. The van der Waals surface area contributed by atoms with E-state index >= 15 is 0 Å². The molecule has 0 atom stereocenters. The zero-order valence-electron chi connectivity index (χ0n) is 13.2. The Labute approximate surface area is 117 Å². The van der Waals surface area contributed by atoms with E-state index in [0.29, 0.717) is 6.61 Å². The SMILES string of the molecule is C=C(C)COc1c(C)cc(CNC(C)(C)C)cc1C. The van der Waals surface area contributed by atoms with Crippen LogP contribution in [0.1, 0.15) is 44.4 Å². The highest BCUT2D eigenvalue weighted by Gasteiger charge is 2.11. The molecule has 0 unspecified atom stereocenters. The Hall–Kier alpha value is -1.28. The fraction of sp³-hybridized carbons (Fsp3) is 0.529. The second kappa shape index (κ2) is 6.25. The van der Waals surface area contributed by atoms with Crippen molar-refractivity contribution in [3.05, 3.63) is 41.0 Å². The van der Waals surface area contributed by atoms with E-state index in [9.17, 15) is 0 Å². The van der Waals surface area contributed by atoms with Gasteiger partial charge in [-0.05, 0) is 63.8 Å². The molecule has 1 aromatic carbocycles. The van der Waals surface area contributed by atoms with Gasteiger partial charge in [0.25, 0.3) is 0 Å². The number of rotatable bonds is 5. The van der Waals surface area contributed by atoms with E-state index in [1.54, 1.807) is 0 Å². The Balaban J connectivity index is 2.81. The average molecular weight is 261 g/mol. The van der Waals surface area contributed by atoms with Crippen LogP contribution in [0.5, 0.6) is 5.75 Å². The Bertz CT molecular complexity index is 432. The summed E-state index contributed by atoms with van der Waals surface area (Å²) in [7, 11) is 0. The minimum Gasteiger partial charge on any atom is -0.489 e. The molecule has 2 heteroatoms. The third-order valence-corrected chi connectivity index (χ3v) is 2.81. The van der Waals surface area contributed by atoms with Gasteiger partial charge in [-0.25, -0.2) is 0 Å². The molecule has 0 amide bonds. The number of benzene rings is 1. The predicted octanol–water partition coefficient (Wildman–Crippen LogP) is 4.15. The Morgan fingerprint density at radius 3 is 2.16 bits per heavy atom. The highest BCUT2D eigenvalue weighted by Crippen LogP contribution is 2.25. The lowest BCUT2D eigenvalue weighted by atomic mass is 10.0. The monoisotopic (exact) mass is 261 g/mol. The van der Waals surface area contributed by atoms with Crippen LogP contribution in [-0.4, -0.2) is 12.1 Å². The summed E-state index contributed by atoms with van der Waals surface area (Å²) in [6.45, 7) is 18.0. The first-order valence-corrected chi connectivity index (χ1v) is 6.81. The lowest BCUT2D eigenvalue weighted by Crippen LogP contribution is -2.35. The summed E-state index contributed by atoms with van der Waals surface area (Å²) in [4.78, 5) is 0. The van der Waals surface area contributed by atoms with E-state index in [1.807, 2.05) is 6.92 Å². The number of aryl methyl sites for hydroxylation is 2. The summed E-state index contributed by atoms with van der Waals surface area (Å²) < 4.78 is 5.81. The molecular formula is C17H27NO. The van der Waals surface area contributed by atoms with Crippen molar-refractivity contribution in [3.63, 3.8) is 0 Å². The summed E-state index contributed by atoms with van der Waals surface area (Å²) in [6.07, 6.45) is 0. The first kappa shape index (κ1) is 15.8. The quantitative estimate of drug-likeness (QED) is 0.804. The Morgan fingerprint density at radius 2 is 1.74 bits per heavy atom. The van der Waals surface area contributed by atoms with E-state index < -0.39 is 0 Å². The third-order valence-electron chi connectivity index (χ3n) is 2.81. The fourth-order valence-corrected chi connectivity index (χ4v) is 1.93. The maximum absolute atomic E-state index is 5.81. The number of ether oxygens (including phenoxy) is 1. The maximum atomic E-state index is 5.81. The van der Waals surface area contributed by atoms with Crippen LogP contribution in [0.2, 0.25) is 0 Å². The van der Waals surface area contributed by atoms with E-state index in [-0.39, 0.29) is 5.54 Å². The summed E-state index contributed by atoms with van der Waals surface area (Å²) in [6, 6.07) is 4.39. The molecule has 0 aliphatic rings. The molecule has 0 saturated carbocycles. The van der Waals surface area contributed by atoms with Crippen molar-refractivity contribution < 1.29 is 4.74 Å². The molecule has 0 aliphatic heterocycles. The molecule has 0 fully saturated rings. The van der Waals surface area contributed by atoms with Crippen LogP contribution in [0, 0.1) is 13.8 Å². The number of nitrogens with one attached hydrogen (secondary N) is 1. The van der Waals surface area contributed by atoms with Gasteiger partial charge in [-0.2, -0.15) is 0 Å². The van der Waals surface area contributed by atoms with Gasteiger partial charge in [0.15, 0.2) is 0 Å². The van der Waals surface area contributed by atoms with Gasteiger partial charge < -0.3 is 10.1 Å².